The number of carbonyl (C=O) groups excluding carboxylic acids is 1. The van der Waals surface area contributed by atoms with E-state index in [0.29, 0.717) is 21.6 Å². The second-order valence-electron chi connectivity index (χ2n) is 7.35. The van der Waals surface area contributed by atoms with E-state index < -0.39 is 5.91 Å². The van der Waals surface area contributed by atoms with E-state index in [2.05, 4.69) is 15.4 Å². The van der Waals surface area contributed by atoms with Gasteiger partial charge in [0.2, 0.25) is 5.82 Å². The fourth-order valence-corrected chi connectivity index (χ4v) is 3.66. The van der Waals surface area contributed by atoms with Crippen molar-refractivity contribution in [2.45, 2.75) is 20.8 Å². The maximum atomic E-state index is 13.0. The van der Waals surface area contributed by atoms with Crippen molar-refractivity contribution in [3.8, 4) is 17.1 Å². The highest BCUT2D eigenvalue weighted by molar-refractivity contribution is 6.34. The molecule has 3 aromatic carbocycles. The van der Waals surface area contributed by atoms with Gasteiger partial charge in [0, 0.05) is 10.6 Å². The van der Waals surface area contributed by atoms with Crippen molar-refractivity contribution >= 4 is 34.8 Å². The number of halogens is 2. The molecule has 7 heteroatoms. The third-order valence-electron chi connectivity index (χ3n) is 4.97. The largest absolute Gasteiger partial charge is 0.318 e. The van der Waals surface area contributed by atoms with E-state index in [1.807, 2.05) is 63.2 Å². The van der Waals surface area contributed by atoms with Crippen molar-refractivity contribution < 1.29 is 4.79 Å². The number of para-hydroxylation sites is 1. The molecule has 1 N–H and O–H groups in total. The first-order valence-corrected chi connectivity index (χ1v) is 10.5. The number of benzene rings is 3. The van der Waals surface area contributed by atoms with Gasteiger partial charge in [0.25, 0.3) is 5.91 Å². The average Bonchev–Trinajstić information content (AvgIpc) is 3.18. The second kappa shape index (κ2) is 8.53. The fraction of sp³-hybridized carbons (Fsp3) is 0.125. The summed E-state index contributed by atoms with van der Waals surface area (Å²) in [4.78, 5) is 17.6. The quantitative estimate of drug-likeness (QED) is 0.390. The molecular weight excluding hydrogens is 431 g/mol. The van der Waals surface area contributed by atoms with Gasteiger partial charge in [0.1, 0.15) is 0 Å². The van der Waals surface area contributed by atoms with Crippen molar-refractivity contribution in [3.05, 3.63) is 93.2 Å². The summed E-state index contributed by atoms with van der Waals surface area (Å²) in [6.45, 7) is 5.88. The Hall–Kier alpha value is -3.15. The minimum Gasteiger partial charge on any atom is -0.318 e. The molecule has 4 aromatic rings. The summed E-state index contributed by atoms with van der Waals surface area (Å²) in [5, 5.41) is 8.47. The third-order valence-corrected chi connectivity index (χ3v) is 5.53. The molecule has 0 aliphatic carbocycles. The van der Waals surface area contributed by atoms with E-state index in [0.717, 1.165) is 27.9 Å². The van der Waals surface area contributed by atoms with Gasteiger partial charge in [-0.2, -0.15) is 0 Å². The van der Waals surface area contributed by atoms with Gasteiger partial charge in [-0.05, 0) is 73.9 Å². The molecule has 1 heterocycles. The Labute approximate surface area is 190 Å². The molecule has 0 spiro atoms. The zero-order valence-corrected chi connectivity index (χ0v) is 18.8. The second-order valence-corrected chi connectivity index (χ2v) is 8.20. The first-order chi connectivity index (χ1) is 14.8. The van der Waals surface area contributed by atoms with Gasteiger partial charge in [0.15, 0.2) is 5.82 Å². The van der Waals surface area contributed by atoms with Crippen molar-refractivity contribution in [3.63, 3.8) is 0 Å². The fourth-order valence-electron chi connectivity index (χ4n) is 3.27. The molecule has 0 saturated heterocycles. The summed E-state index contributed by atoms with van der Waals surface area (Å²) in [6.07, 6.45) is 0. The maximum Gasteiger partial charge on any atom is 0.295 e. The van der Waals surface area contributed by atoms with Crippen LogP contribution in [0.15, 0.2) is 60.7 Å². The van der Waals surface area contributed by atoms with E-state index in [9.17, 15) is 4.79 Å². The number of hydrogen-bond acceptors (Lipinski definition) is 3. The Morgan fingerprint density at radius 3 is 2.39 bits per heavy atom. The molecule has 0 radical (unpaired) electrons. The molecule has 156 valence electrons. The first-order valence-electron chi connectivity index (χ1n) is 9.70. The molecule has 31 heavy (non-hydrogen) atoms. The standard InChI is InChI=1S/C24H20Cl2N4O/c1-14-7-8-15(2)20(13-14)30-23(17-9-11-18(25)12-10-17)28-22(29-30)24(31)27-21-16(3)5-4-6-19(21)26/h4-13H,1-3H3,(H,27,31). The summed E-state index contributed by atoms with van der Waals surface area (Å²) in [5.41, 5.74) is 5.14. The molecule has 1 amide bonds. The number of anilines is 1. The predicted molar refractivity (Wildman–Crippen MR) is 125 cm³/mol. The number of rotatable bonds is 4. The van der Waals surface area contributed by atoms with Crippen LogP contribution in [0.4, 0.5) is 5.69 Å². The van der Waals surface area contributed by atoms with Crippen LogP contribution >= 0.6 is 23.2 Å². The zero-order chi connectivity index (χ0) is 22.1. The number of aromatic nitrogens is 3. The topological polar surface area (TPSA) is 59.8 Å². The number of nitrogens with zero attached hydrogens (tertiary/aromatic N) is 3. The lowest BCUT2D eigenvalue weighted by molar-refractivity contribution is 0.101. The lowest BCUT2D eigenvalue weighted by Gasteiger charge is -2.10. The highest BCUT2D eigenvalue weighted by Crippen LogP contribution is 2.28. The van der Waals surface area contributed by atoms with Crippen LogP contribution in [-0.4, -0.2) is 20.7 Å². The summed E-state index contributed by atoms with van der Waals surface area (Å²) in [6, 6.07) is 18.8. The summed E-state index contributed by atoms with van der Waals surface area (Å²) in [7, 11) is 0. The van der Waals surface area contributed by atoms with Gasteiger partial charge in [-0.3, -0.25) is 4.79 Å². The number of nitrogens with one attached hydrogen (secondary N) is 1. The van der Waals surface area contributed by atoms with Crippen LogP contribution in [0.2, 0.25) is 10.0 Å². The van der Waals surface area contributed by atoms with Crippen molar-refractivity contribution in [2.24, 2.45) is 0 Å². The molecule has 0 aliphatic rings. The lowest BCUT2D eigenvalue weighted by atomic mass is 10.1. The van der Waals surface area contributed by atoms with E-state index >= 15 is 0 Å². The van der Waals surface area contributed by atoms with E-state index in [-0.39, 0.29) is 5.82 Å². The molecule has 0 atom stereocenters. The number of amides is 1. The lowest BCUT2D eigenvalue weighted by Crippen LogP contribution is -2.15. The predicted octanol–water partition coefficient (Wildman–Crippen LogP) is 6.42. The molecule has 1 aromatic heterocycles. The smallest absolute Gasteiger partial charge is 0.295 e. The van der Waals surface area contributed by atoms with Crippen molar-refractivity contribution in [1.82, 2.24) is 14.8 Å². The normalized spacial score (nSPS) is 10.9. The van der Waals surface area contributed by atoms with E-state index in [1.165, 1.54) is 0 Å². The van der Waals surface area contributed by atoms with Crippen molar-refractivity contribution in [1.29, 1.82) is 0 Å². The molecule has 0 bridgehead atoms. The Morgan fingerprint density at radius 2 is 1.68 bits per heavy atom. The van der Waals surface area contributed by atoms with Gasteiger partial charge >= 0.3 is 0 Å². The molecule has 0 unspecified atom stereocenters. The van der Waals surface area contributed by atoms with Gasteiger partial charge < -0.3 is 5.32 Å². The van der Waals surface area contributed by atoms with E-state index in [1.54, 1.807) is 22.9 Å². The van der Waals surface area contributed by atoms with Crippen LogP contribution in [0.3, 0.4) is 0 Å². The van der Waals surface area contributed by atoms with Crippen LogP contribution in [0.5, 0.6) is 0 Å². The SMILES string of the molecule is Cc1ccc(C)c(-n2nc(C(=O)Nc3c(C)cccc3Cl)nc2-c2ccc(Cl)cc2)c1. The molecule has 0 fully saturated rings. The first kappa shape index (κ1) is 21.1. The van der Waals surface area contributed by atoms with Gasteiger partial charge in [0.05, 0.1) is 16.4 Å². The van der Waals surface area contributed by atoms with Gasteiger partial charge in [-0.25, -0.2) is 9.67 Å². The Morgan fingerprint density at radius 1 is 0.935 bits per heavy atom. The Kier molecular flexibility index (Phi) is 5.81. The highest BCUT2D eigenvalue weighted by Gasteiger charge is 2.21. The maximum absolute atomic E-state index is 13.0. The molecule has 0 saturated carbocycles. The molecular formula is C24H20Cl2N4O. The number of hydrogen-bond donors (Lipinski definition) is 1. The zero-order valence-electron chi connectivity index (χ0n) is 17.3. The number of aryl methyl sites for hydroxylation is 3. The molecule has 0 aliphatic heterocycles. The van der Waals surface area contributed by atoms with Crippen molar-refractivity contribution in [2.75, 3.05) is 5.32 Å². The Bertz CT molecular complexity index is 1260. The minimum absolute atomic E-state index is 0.0465. The summed E-state index contributed by atoms with van der Waals surface area (Å²) in [5.74, 6) is 0.159. The number of carbonyl (C=O) groups is 1. The highest BCUT2D eigenvalue weighted by atomic mass is 35.5. The monoisotopic (exact) mass is 450 g/mol. The van der Waals surface area contributed by atoms with Gasteiger partial charge in [-0.1, -0.05) is 47.5 Å². The van der Waals surface area contributed by atoms with Crippen LogP contribution < -0.4 is 5.32 Å². The molecule has 5 nitrogen and oxygen atoms in total. The van der Waals surface area contributed by atoms with Crippen LogP contribution in [0, 0.1) is 20.8 Å². The Balaban J connectivity index is 1.82. The average molecular weight is 451 g/mol. The van der Waals surface area contributed by atoms with Crippen LogP contribution in [0.1, 0.15) is 27.3 Å². The summed E-state index contributed by atoms with van der Waals surface area (Å²) < 4.78 is 1.69. The minimum atomic E-state index is -0.435. The van der Waals surface area contributed by atoms with Crippen LogP contribution in [-0.2, 0) is 0 Å². The summed E-state index contributed by atoms with van der Waals surface area (Å²) >= 11 is 12.3. The van der Waals surface area contributed by atoms with Crippen LogP contribution in [0.25, 0.3) is 17.1 Å². The third kappa shape index (κ3) is 4.33. The molecule has 4 rings (SSSR count). The van der Waals surface area contributed by atoms with Gasteiger partial charge in [-0.15, -0.1) is 5.10 Å². The van der Waals surface area contributed by atoms with E-state index in [4.69, 9.17) is 23.2 Å².